The van der Waals surface area contributed by atoms with Gasteiger partial charge in [-0.2, -0.15) is 4.31 Å². The number of rotatable bonds is 5. The SMILES string of the molecule is NCC1CN(S(=O)(=O)c2ccccc2-c2ccc(-c3cnc(N)cn3)cc2F)C1. The minimum atomic E-state index is -3.73. The zero-order valence-corrected chi connectivity index (χ0v) is 16.3. The maximum Gasteiger partial charge on any atom is 0.243 e. The highest BCUT2D eigenvalue weighted by molar-refractivity contribution is 7.89. The largest absolute Gasteiger partial charge is 0.382 e. The average Bonchev–Trinajstić information content (AvgIpc) is 2.67. The van der Waals surface area contributed by atoms with E-state index in [0.717, 1.165) is 0 Å². The summed E-state index contributed by atoms with van der Waals surface area (Å²) in [5.74, 6) is -0.117. The Morgan fingerprint density at radius 1 is 1.07 bits per heavy atom. The minimum absolute atomic E-state index is 0.0781. The van der Waals surface area contributed by atoms with Crippen LogP contribution >= 0.6 is 0 Å². The summed E-state index contributed by atoms with van der Waals surface area (Å²) in [5.41, 5.74) is 12.6. The molecule has 150 valence electrons. The van der Waals surface area contributed by atoms with E-state index in [4.69, 9.17) is 11.5 Å². The number of hydrogen-bond donors (Lipinski definition) is 2. The van der Waals surface area contributed by atoms with Crippen LogP contribution in [0.1, 0.15) is 0 Å². The van der Waals surface area contributed by atoms with Gasteiger partial charge in [0.25, 0.3) is 0 Å². The van der Waals surface area contributed by atoms with Gasteiger partial charge in [-0.15, -0.1) is 0 Å². The molecule has 4 rings (SSSR count). The molecule has 2 heterocycles. The molecule has 0 spiro atoms. The number of benzene rings is 2. The van der Waals surface area contributed by atoms with Crippen LogP contribution in [-0.4, -0.2) is 42.3 Å². The second-order valence-electron chi connectivity index (χ2n) is 6.94. The van der Waals surface area contributed by atoms with Crippen molar-refractivity contribution in [1.29, 1.82) is 0 Å². The Morgan fingerprint density at radius 3 is 2.48 bits per heavy atom. The molecule has 0 radical (unpaired) electrons. The third kappa shape index (κ3) is 3.59. The van der Waals surface area contributed by atoms with Crippen LogP contribution in [0.15, 0.2) is 59.8 Å². The second-order valence-corrected chi connectivity index (χ2v) is 8.85. The number of nitrogen functional groups attached to an aromatic ring is 1. The molecule has 1 aliphatic heterocycles. The van der Waals surface area contributed by atoms with Crippen LogP contribution in [0.25, 0.3) is 22.4 Å². The van der Waals surface area contributed by atoms with Crippen molar-refractivity contribution in [2.75, 3.05) is 25.4 Å². The summed E-state index contributed by atoms with van der Waals surface area (Å²) in [6.45, 7) is 1.20. The molecule has 9 heteroatoms. The monoisotopic (exact) mass is 413 g/mol. The van der Waals surface area contributed by atoms with Crippen LogP contribution in [0.2, 0.25) is 0 Å². The molecule has 1 fully saturated rings. The molecular weight excluding hydrogens is 393 g/mol. The summed E-state index contributed by atoms with van der Waals surface area (Å²) in [7, 11) is -3.73. The fraction of sp³-hybridized carbons (Fsp3) is 0.200. The normalized spacial score (nSPS) is 15.2. The number of sulfonamides is 1. The Morgan fingerprint density at radius 2 is 1.83 bits per heavy atom. The average molecular weight is 413 g/mol. The highest BCUT2D eigenvalue weighted by Crippen LogP contribution is 2.34. The van der Waals surface area contributed by atoms with Gasteiger partial charge in [0.1, 0.15) is 11.6 Å². The van der Waals surface area contributed by atoms with Crippen molar-refractivity contribution in [1.82, 2.24) is 14.3 Å². The van der Waals surface area contributed by atoms with Crippen molar-refractivity contribution in [3.8, 4) is 22.4 Å². The predicted octanol–water partition coefficient (Wildman–Crippen LogP) is 2.11. The summed E-state index contributed by atoms with van der Waals surface area (Å²) in [5, 5.41) is 0. The van der Waals surface area contributed by atoms with E-state index in [1.165, 1.54) is 28.8 Å². The molecule has 1 aliphatic rings. The highest BCUT2D eigenvalue weighted by Gasteiger charge is 2.37. The number of nitrogens with two attached hydrogens (primary N) is 2. The van der Waals surface area contributed by atoms with Gasteiger partial charge in [0.05, 0.1) is 23.0 Å². The van der Waals surface area contributed by atoms with Crippen molar-refractivity contribution < 1.29 is 12.8 Å². The van der Waals surface area contributed by atoms with E-state index in [-0.39, 0.29) is 22.2 Å². The van der Waals surface area contributed by atoms with Gasteiger partial charge in [-0.05, 0) is 24.6 Å². The molecule has 2 aromatic carbocycles. The molecule has 0 bridgehead atoms. The Kier molecular flexibility index (Phi) is 5.03. The van der Waals surface area contributed by atoms with Crippen molar-refractivity contribution in [2.45, 2.75) is 4.90 Å². The van der Waals surface area contributed by atoms with Crippen molar-refractivity contribution in [3.63, 3.8) is 0 Å². The lowest BCUT2D eigenvalue weighted by atomic mass is 10.0. The summed E-state index contributed by atoms with van der Waals surface area (Å²) >= 11 is 0. The van der Waals surface area contributed by atoms with E-state index in [1.54, 1.807) is 30.3 Å². The first-order chi connectivity index (χ1) is 13.9. The second kappa shape index (κ2) is 7.51. The van der Waals surface area contributed by atoms with Gasteiger partial charge < -0.3 is 11.5 Å². The minimum Gasteiger partial charge on any atom is -0.382 e. The fourth-order valence-corrected chi connectivity index (χ4v) is 5.10. The number of hydrogen-bond acceptors (Lipinski definition) is 6. The molecule has 0 atom stereocenters. The van der Waals surface area contributed by atoms with Crippen LogP contribution < -0.4 is 11.5 Å². The lowest BCUT2D eigenvalue weighted by molar-refractivity contribution is 0.207. The van der Waals surface area contributed by atoms with Gasteiger partial charge in [0.2, 0.25) is 10.0 Å². The third-order valence-corrected chi connectivity index (χ3v) is 6.88. The molecule has 4 N–H and O–H groups in total. The molecule has 3 aromatic rings. The molecule has 0 aliphatic carbocycles. The Bertz CT molecular complexity index is 1150. The number of anilines is 1. The lowest BCUT2D eigenvalue weighted by Gasteiger charge is -2.37. The number of nitrogens with zero attached hydrogens (tertiary/aromatic N) is 3. The smallest absolute Gasteiger partial charge is 0.243 e. The van der Waals surface area contributed by atoms with Gasteiger partial charge in [0, 0.05) is 29.8 Å². The topological polar surface area (TPSA) is 115 Å². The maximum absolute atomic E-state index is 15.0. The quantitative estimate of drug-likeness (QED) is 0.662. The fourth-order valence-electron chi connectivity index (χ4n) is 3.30. The van der Waals surface area contributed by atoms with E-state index >= 15 is 0 Å². The molecule has 0 unspecified atom stereocenters. The van der Waals surface area contributed by atoms with Crippen molar-refractivity contribution in [3.05, 3.63) is 60.7 Å². The van der Waals surface area contributed by atoms with Crippen LogP contribution in [0, 0.1) is 11.7 Å². The van der Waals surface area contributed by atoms with Crippen LogP contribution in [0.5, 0.6) is 0 Å². The maximum atomic E-state index is 15.0. The zero-order valence-electron chi connectivity index (χ0n) is 15.5. The first-order valence-corrected chi connectivity index (χ1v) is 10.5. The molecule has 7 nitrogen and oxygen atoms in total. The molecule has 0 saturated carbocycles. The van der Waals surface area contributed by atoms with Gasteiger partial charge >= 0.3 is 0 Å². The van der Waals surface area contributed by atoms with Crippen molar-refractivity contribution in [2.24, 2.45) is 11.7 Å². The van der Waals surface area contributed by atoms with Crippen molar-refractivity contribution >= 4 is 15.8 Å². The summed E-state index contributed by atoms with van der Waals surface area (Å²) < 4.78 is 42.4. The summed E-state index contributed by atoms with van der Waals surface area (Å²) in [4.78, 5) is 8.18. The van der Waals surface area contributed by atoms with E-state index in [9.17, 15) is 12.8 Å². The van der Waals surface area contributed by atoms with E-state index in [1.807, 2.05) is 0 Å². The predicted molar refractivity (Wildman–Crippen MR) is 109 cm³/mol. The molecular formula is C20H20FN5O2S. The van der Waals surface area contributed by atoms with E-state index in [0.29, 0.717) is 36.5 Å². The molecule has 29 heavy (non-hydrogen) atoms. The third-order valence-electron chi connectivity index (χ3n) is 4.99. The van der Waals surface area contributed by atoms with E-state index < -0.39 is 15.8 Å². The number of aromatic nitrogens is 2. The van der Waals surface area contributed by atoms with Gasteiger partial charge in [-0.25, -0.2) is 17.8 Å². The molecule has 0 amide bonds. The van der Waals surface area contributed by atoms with Gasteiger partial charge in [0.15, 0.2) is 0 Å². The first-order valence-electron chi connectivity index (χ1n) is 9.07. The Labute approximate surface area is 168 Å². The van der Waals surface area contributed by atoms with E-state index in [2.05, 4.69) is 9.97 Å². The summed E-state index contributed by atoms with van der Waals surface area (Å²) in [6.07, 6.45) is 2.85. The molecule has 1 aromatic heterocycles. The standard InChI is InChI=1S/C20H20FN5O2S/c21-17-7-14(18-9-25-20(23)10-24-18)5-6-15(17)16-3-1-2-4-19(16)29(27,28)26-11-13(8-22)12-26/h1-7,9-10,13H,8,11-12,22H2,(H2,23,25). The molecule has 1 saturated heterocycles. The van der Waals surface area contributed by atoms with Crippen LogP contribution in [0.3, 0.4) is 0 Å². The number of halogens is 1. The van der Waals surface area contributed by atoms with Crippen LogP contribution in [0.4, 0.5) is 10.2 Å². The van der Waals surface area contributed by atoms with Crippen LogP contribution in [-0.2, 0) is 10.0 Å². The Balaban J connectivity index is 1.72. The lowest BCUT2D eigenvalue weighted by Crippen LogP contribution is -2.52. The zero-order chi connectivity index (χ0) is 20.6. The summed E-state index contributed by atoms with van der Waals surface area (Å²) in [6, 6.07) is 11.0. The Hall–Kier alpha value is -2.88. The van der Waals surface area contributed by atoms with Gasteiger partial charge in [-0.3, -0.25) is 4.98 Å². The van der Waals surface area contributed by atoms with Gasteiger partial charge in [-0.1, -0.05) is 30.3 Å². The first kappa shape index (κ1) is 19.4. The highest BCUT2D eigenvalue weighted by atomic mass is 32.2.